The Morgan fingerprint density at radius 3 is 2.25 bits per heavy atom. The molecule has 0 amide bonds. The number of hydrogen-bond donors (Lipinski definition) is 2. The highest BCUT2D eigenvalue weighted by Crippen LogP contribution is 2.28. The molecule has 0 aliphatic heterocycles. The van der Waals surface area contributed by atoms with Gasteiger partial charge in [0.15, 0.2) is 5.79 Å². The Hall–Kier alpha value is -0.840. The lowest BCUT2D eigenvalue weighted by molar-refractivity contribution is 0.321. The van der Waals surface area contributed by atoms with Gasteiger partial charge in [0.2, 0.25) is 0 Å². The molecule has 0 heterocycles. The molecule has 0 aromatic heterocycles. The molecule has 0 saturated carbocycles. The van der Waals surface area contributed by atoms with E-state index in [1.54, 1.807) is 6.07 Å². The van der Waals surface area contributed by atoms with E-state index >= 15 is 0 Å². The summed E-state index contributed by atoms with van der Waals surface area (Å²) in [5.74, 6) is -1.41. The average Bonchev–Trinajstić information content (AvgIpc) is 2.28. The van der Waals surface area contributed by atoms with Gasteiger partial charge in [0.05, 0.1) is 0 Å². The predicted molar refractivity (Wildman–Crippen MR) is 67.5 cm³/mol. The molecule has 0 fully saturated rings. The van der Waals surface area contributed by atoms with Crippen LogP contribution < -0.4 is 11.5 Å². The highest BCUT2D eigenvalue weighted by molar-refractivity contribution is 6.34. The Morgan fingerprint density at radius 2 is 1.56 bits per heavy atom. The van der Waals surface area contributed by atoms with Gasteiger partial charge in [-0.3, -0.25) is 11.5 Å². The molecule has 2 rings (SSSR count). The smallest absolute Gasteiger partial charge is 0.177 e. The van der Waals surface area contributed by atoms with Crippen molar-refractivity contribution < 1.29 is 0 Å². The molecule has 0 bridgehead atoms. The third kappa shape index (κ3) is 1.88. The number of rotatable bonds is 2. The van der Waals surface area contributed by atoms with E-state index in [0.717, 1.165) is 14.7 Å². The highest BCUT2D eigenvalue weighted by Gasteiger charge is 2.29. The van der Waals surface area contributed by atoms with Crippen LogP contribution in [0, 0.1) is 0 Å². The van der Waals surface area contributed by atoms with Crippen LogP contribution in [0.1, 0.15) is 5.56 Å². The van der Waals surface area contributed by atoms with E-state index in [9.17, 15) is 0 Å². The van der Waals surface area contributed by atoms with E-state index in [1.165, 1.54) is 0 Å². The molecule has 0 radical (unpaired) electrons. The van der Waals surface area contributed by atoms with Gasteiger partial charge in [-0.1, -0.05) is 46.4 Å². The summed E-state index contributed by atoms with van der Waals surface area (Å²) in [4.78, 5) is 0. The number of nitrogens with zero attached hydrogens (tertiary/aromatic N) is 1. The number of benzene rings is 2. The van der Waals surface area contributed by atoms with Gasteiger partial charge in [-0.25, -0.2) is 0 Å². The minimum absolute atomic E-state index is 0.676. The topological polar surface area (TPSA) is 55.3 Å². The second-order valence-electron chi connectivity index (χ2n) is 3.58. The van der Waals surface area contributed by atoms with E-state index in [4.69, 9.17) is 35.0 Å². The zero-order valence-corrected chi connectivity index (χ0v) is 9.91. The normalized spacial score (nSPS) is 12.3. The number of fused-ring (bicyclic) bond motifs is 1. The van der Waals surface area contributed by atoms with Gasteiger partial charge in [0.1, 0.15) is 0 Å². The summed E-state index contributed by atoms with van der Waals surface area (Å²) in [5.41, 5.74) is 12.4. The second-order valence-corrected chi connectivity index (χ2v) is 4.43. The Morgan fingerprint density at radius 1 is 0.938 bits per heavy atom. The third-order valence-corrected chi connectivity index (χ3v) is 3.06. The SMILES string of the molecule is NC(N)(c1cccc2ccccc12)N(Cl)Cl. The summed E-state index contributed by atoms with van der Waals surface area (Å²) in [6.45, 7) is 0. The van der Waals surface area contributed by atoms with Crippen LogP contribution >= 0.6 is 23.6 Å². The van der Waals surface area contributed by atoms with Gasteiger partial charge in [-0.15, -0.1) is 0 Å². The van der Waals surface area contributed by atoms with Gasteiger partial charge in [-0.05, 0) is 34.3 Å². The van der Waals surface area contributed by atoms with Crippen LogP contribution in [-0.4, -0.2) is 3.94 Å². The molecule has 0 spiro atoms. The lowest BCUT2D eigenvalue weighted by Gasteiger charge is -2.28. The molecule has 5 heteroatoms. The van der Waals surface area contributed by atoms with Crippen molar-refractivity contribution >= 4 is 34.3 Å². The minimum Gasteiger partial charge on any atom is -0.295 e. The van der Waals surface area contributed by atoms with Crippen molar-refractivity contribution in [2.24, 2.45) is 11.5 Å². The maximum atomic E-state index is 5.89. The van der Waals surface area contributed by atoms with Gasteiger partial charge >= 0.3 is 0 Å². The van der Waals surface area contributed by atoms with Crippen molar-refractivity contribution in [3.8, 4) is 0 Å². The molecule has 84 valence electrons. The molecule has 0 aliphatic rings. The predicted octanol–water partition coefficient (Wildman–Crippen LogP) is 2.48. The second kappa shape index (κ2) is 4.20. The van der Waals surface area contributed by atoms with Crippen LogP contribution in [0.25, 0.3) is 10.8 Å². The van der Waals surface area contributed by atoms with Crippen LogP contribution in [0.4, 0.5) is 0 Å². The average molecular weight is 256 g/mol. The molecular weight excluding hydrogens is 245 g/mol. The maximum Gasteiger partial charge on any atom is 0.177 e. The molecule has 0 saturated heterocycles. The van der Waals surface area contributed by atoms with Crippen molar-refractivity contribution in [3.05, 3.63) is 48.0 Å². The molecule has 2 aromatic rings. The van der Waals surface area contributed by atoms with Gasteiger partial charge < -0.3 is 0 Å². The zero-order chi connectivity index (χ0) is 11.8. The number of halogens is 2. The maximum absolute atomic E-state index is 5.89. The summed E-state index contributed by atoms with van der Waals surface area (Å²) in [6.07, 6.45) is 0. The van der Waals surface area contributed by atoms with Crippen LogP contribution in [-0.2, 0) is 5.79 Å². The van der Waals surface area contributed by atoms with Gasteiger partial charge in [0, 0.05) is 5.56 Å². The lowest BCUT2D eigenvalue weighted by Crippen LogP contribution is -2.53. The minimum atomic E-state index is -1.41. The first-order chi connectivity index (χ1) is 7.53. The van der Waals surface area contributed by atoms with Crippen molar-refractivity contribution in [1.82, 2.24) is 3.94 Å². The standard InChI is InChI=1S/C11H11Cl2N3/c12-16(13)11(14,15)10-7-3-5-8-4-1-2-6-9(8)10/h1-7H,14-15H2. The number of hydrogen-bond acceptors (Lipinski definition) is 3. The van der Waals surface area contributed by atoms with Gasteiger partial charge in [-0.2, -0.15) is 0 Å². The monoisotopic (exact) mass is 255 g/mol. The van der Waals surface area contributed by atoms with Crippen LogP contribution in [0.5, 0.6) is 0 Å². The fraction of sp³-hybridized carbons (Fsp3) is 0.0909. The quantitative estimate of drug-likeness (QED) is 0.641. The summed E-state index contributed by atoms with van der Waals surface area (Å²) < 4.78 is 0.759. The largest absolute Gasteiger partial charge is 0.295 e. The molecule has 3 nitrogen and oxygen atoms in total. The summed E-state index contributed by atoms with van der Waals surface area (Å²) in [6, 6.07) is 13.4. The highest BCUT2D eigenvalue weighted by atomic mass is 35.5. The Kier molecular flexibility index (Phi) is 3.06. The van der Waals surface area contributed by atoms with Crippen molar-refractivity contribution in [3.63, 3.8) is 0 Å². The zero-order valence-electron chi connectivity index (χ0n) is 8.40. The van der Waals surface area contributed by atoms with Gasteiger partial charge in [0.25, 0.3) is 0 Å². The fourth-order valence-electron chi connectivity index (χ4n) is 1.67. The molecule has 16 heavy (non-hydrogen) atoms. The van der Waals surface area contributed by atoms with E-state index in [2.05, 4.69) is 0 Å². The van der Waals surface area contributed by atoms with Crippen molar-refractivity contribution in [2.75, 3.05) is 0 Å². The van der Waals surface area contributed by atoms with Crippen LogP contribution in [0.3, 0.4) is 0 Å². The molecule has 4 N–H and O–H groups in total. The Bertz CT molecular complexity index is 506. The summed E-state index contributed by atoms with van der Waals surface area (Å²) >= 11 is 11.3. The van der Waals surface area contributed by atoms with Crippen molar-refractivity contribution in [1.29, 1.82) is 0 Å². The molecule has 0 unspecified atom stereocenters. The lowest BCUT2D eigenvalue weighted by atomic mass is 10.0. The number of nitrogens with two attached hydrogens (primary N) is 2. The molecular formula is C11H11Cl2N3. The Balaban J connectivity index is 2.70. The van der Waals surface area contributed by atoms with Crippen LogP contribution in [0.15, 0.2) is 42.5 Å². The Labute approximate surface area is 104 Å². The summed E-state index contributed by atoms with van der Waals surface area (Å²) in [5, 5.41) is 1.97. The van der Waals surface area contributed by atoms with Crippen molar-refractivity contribution in [2.45, 2.75) is 5.79 Å². The fourth-order valence-corrected chi connectivity index (χ4v) is 1.85. The van der Waals surface area contributed by atoms with E-state index in [1.807, 2.05) is 36.4 Å². The van der Waals surface area contributed by atoms with Crippen LogP contribution in [0.2, 0.25) is 0 Å². The first kappa shape index (κ1) is 11.6. The molecule has 2 aromatic carbocycles. The van der Waals surface area contributed by atoms with E-state index in [0.29, 0.717) is 5.56 Å². The first-order valence-corrected chi connectivity index (χ1v) is 5.39. The third-order valence-electron chi connectivity index (χ3n) is 2.50. The van der Waals surface area contributed by atoms with E-state index < -0.39 is 5.79 Å². The molecule has 0 aliphatic carbocycles. The first-order valence-electron chi connectivity index (χ1n) is 4.71. The molecule has 0 atom stereocenters. The van der Waals surface area contributed by atoms with E-state index in [-0.39, 0.29) is 0 Å². The summed E-state index contributed by atoms with van der Waals surface area (Å²) in [7, 11) is 0.